The first-order valence-electron chi connectivity index (χ1n) is 7.20. The van der Waals surface area contributed by atoms with Gasteiger partial charge in [-0.15, -0.1) is 24.0 Å². The first-order valence-corrected chi connectivity index (χ1v) is 7.20. The zero-order valence-corrected chi connectivity index (χ0v) is 15.5. The molecule has 1 aromatic heterocycles. The van der Waals surface area contributed by atoms with E-state index in [0.717, 1.165) is 50.9 Å². The van der Waals surface area contributed by atoms with Gasteiger partial charge in [-0.25, -0.2) is 9.98 Å². The number of nitrogens with zero attached hydrogens (tertiary/aromatic N) is 4. The Hall–Kier alpha value is -0.900. The fourth-order valence-corrected chi connectivity index (χ4v) is 1.64. The quantitative estimate of drug-likeness (QED) is 0.278. The molecule has 0 saturated heterocycles. The van der Waals surface area contributed by atoms with Gasteiger partial charge in [0.15, 0.2) is 5.96 Å². The van der Waals surface area contributed by atoms with E-state index in [2.05, 4.69) is 32.6 Å². The van der Waals surface area contributed by atoms with E-state index in [1.54, 1.807) is 11.0 Å². The van der Waals surface area contributed by atoms with Crippen molar-refractivity contribution in [1.29, 1.82) is 0 Å². The number of ether oxygens (including phenoxy) is 1. The minimum atomic E-state index is 0. The van der Waals surface area contributed by atoms with Crippen LogP contribution in [0.15, 0.2) is 11.3 Å². The highest BCUT2D eigenvalue weighted by Gasteiger charge is 2.01. The van der Waals surface area contributed by atoms with Gasteiger partial charge < -0.3 is 15.4 Å². The largest absolute Gasteiger partial charge is 0.382 e. The molecule has 8 heteroatoms. The smallest absolute Gasteiger partial charge is 0.191 e. The van der Waals surface area contributed by atoms with Gasteiger partial charge in [0.2, 0.25) is 0 Å². The summed E-state index contributed by atoms with van der Waals surface area (Å²) in [6.45, 7) is 7.92. The van der Waals surface area contributed by atoms with Gasteiger partial charge in [0.1, 0.15) is 18.7 Å². The third-order valence-corrected chi connectivity index (χ3v) is 2.74. The number of halogens is 1. The maximum Gasteiger partial charge on any atom is 0.191 e. The number of guanidine groups is 1. The number of nitrogens with one attached hydrogen (secondary N) is 2. The van der Waals surface area contributed by atoms with Crippen LogP contribution >= 0.6 is 24.0 Å². The Morgan fingerprint density at radius 3 is 2.76 bits per heavy atom. The molecule has 1 rings (SSSR count). The molecular formula is C13H27IN6O. The molecular weight excluding hydrogens is 383 g/mol. The van der Waals surface area contributed by atoms with Crippen molar-refractivity contribution in [2.45, 2.75) is 33.2 Å². The second-order valence-corrected chi connectivity index (χ2v) is 4.33. The molecule has 0 saturated carbocycles. The number of aromatic nitrogens is 3. The average Bonchev–Trinajstić information content (AvgIpc) is 2.85. The number of aliphatic imine (C=N–C) groups is 1. The highest BCUT2D eigenvalue weighted by Crippen LogP contribution is 1.93. The van der Waals surface area contributed by atoms with Crippen molar-refractivity contribution in [3.8, 4) is 0 Å². The fraction of sp³-hybridized carbons (Fsp3) is 0.769. The summed E-state index contributed by atoms with van der Waals surface area (Å²) in [5, 5.41) is 10.5. The number of unbranched alkanes of at least 4 members (excludes halogenated alkanes) is 1. The lowest BCUT2D eigenvalue weighted by molar-refractivity contribution is 0.143. The van der Waals surface area contributed by atoms with Crippen molar-refractivity contribution >= 4 is 29.9 Å². The summed E-state index contributed by atoms with van der Waals surface area (Å²) in [7, 11) is 1.87. The molecule has 0 aromatic carbocycles. The van der Waals surface area contributed by atoms with Crippen LogP contribution in [0, 0.1) is 0 Å². The SMILES string of the molecule is CCNC(=NCc1ncnn1C)NCCCCOCC.I. The van der Waals surface area contributed by atoms with Gasteiger partial charge in [-0.1, -0.05) is 0 Å². The highest BCUT2D eigenvalue weighted by atomic mass is 127. The maximum atomic E-state index is 5.31. The molecule has 21 heavy (non-hydrogen) atoms. The number of aryl methyl sites for hydroxylation is 1. The van der Waals surface area contributed by atoms with E-state index in [1.807, 2.05) is 14.0 Å². The van der Waals surface area contributed by atoms with Crippen molar-refractivity contribution in [2.75, 3.05) is 26.3 Å². The molecule has 0 bridgehead atoms. The summed E-state index contributed by atoms with van der Waals surface area (Å²) in [6.07, 6.45) is 3.66. The van der Waals surface area contributed by atoms with E-state index in [0.29, 0.717) is 6.54 Å². The number of rotatable bonds is 9. The third kappa shape index (κ3) is 8.86. The summed E-state index contributed by atoms with van der Waals surface area (Å²) >= 11 is 0. The molecule has 7 nitrogen and oxygen atoms in total. The molecule has 0 atom stereocenters. The third-order valence-electron chi connectivity index (χ3n) is 2.74. The zero-order chi connectivity index (χ0) is 14.6. The van der Waals surface area contributed by atoms with Crippen molar-refractivity contribution in [1.82, 2.24) is 25.4 Å². The van der Waals surface area contributed by atoms with E-state index in [-0.39, 0.29) is 24.0 Å². The van der Waals surface area contributed by atoms with Gasteiger partial charge >= 0.3 is 0 Å². The molecule has 0 aliphatic carbocycles. The monoisotopic (exact) mass is 410 g/mol. The summed E-state index contributed by atoms with van der Waals surface area (Å²) in [4.78, 5) is 8.64. The Balaban J connectivity index is 0.00000400. The number of hydrogen-bond acceptors (Lipinski definition) is 4. The zero-order valence-electron chi connectivity index (χ0n) is 13.1. The van der Waals surface area contributed by atoms with Crippen LogP contribution in [0.25, 0.3) is 0 Å². The normalized spacial score (nSPS) is 11.1. The molecule has 0 spiro atoms. The minimum absolute atomic E-state index is 0. The molecule has 0 unspecified atom stereocenters. The molecule has 1 aromatic rings. The molecule has 122 valence electrons. The van der Waals surface area contributed by atoms with Crippen LogP contribution in [0.3, 0.4) is 0 Å². The van der Waals surface area contributed by atoms with E-state index < -0.39 is 0 Å². The van der Waals surface area contributed by atoms with Crippen LogP contribution in [-0.4, -0.2) is 47.0 Å². The molecule has 0 aliphatic rings. The maximum absolute atomic E-state index is 5.31. The Bertz CT molecular complexity index is 396. The van der Waals surface area contributed by atoms with Crippen molar-refractivity contribution < 1.29 is 4.74 Å². The fourth-order valence-electron chi connectivity index (χ4n) is 1.64. The second-order valence-electron chi connectivity index (χ2n) is 4.33. The lowest BCUT2D eigenvalue weighted by Crippen LogP contribution is -2.37. The van der Waals surface area contributed by atoms with E-state index >= 15 is 0 Å². The van der Waals surface area contributed by atoms with Gasteiger partial charge in [-0.05, 0) is 26.7 Å². The van der Waals surface area contributed by atoms with E-state index in [9.17, 15) is 0 Å². The highest BCUT2D eigenvalue weighted by molar-refractivity contribution is 14.0. The van der Waals surface area contributed by atoms with Crippen LogP contribution < -0.4 is 10.6 Å². The molecule has 2 N–H and O–H groups in total. The van der Waals surface area contributed by atoms with Crippen LogP contribution in [0.2, 0.25) is 0 Å². The summed E-state index contributed by atoms with van der Waals surface area (Å²) in [5.74, 6) is 1.66. The van der Waals surface area contributed by atoms with Crippen LogP contribution in [0.5, 0.6) is 0 Å². The predicted octanol–water partition coefficient (Wildman–Crippen LogP) is 1.30. The summed E-state index contributed by atoms with van der Waals surface area (Å²) in [5.41, 5.74) is 0. The van der Waals surface area contributed by atoms with E-state index in [1.165, 1.54) is 0 Å². The van der Waals surface area contributed by atoms with Crippen LogP contribution in [0.4, 0.5) is 0 Å². The molecule has 0 fully saturated rings. The minimum Gasteiger partial charge on any atom is -0.382 e. The summed E-state index contributed by atoms with van der Waals surface area (Å²) in [6, 6.07) is 0. The average molecular weight is 410 g/mol. The van der Waals surface area contributed by atoms with Gasteiger partial charge in [0.05, 0.1) is 0 Å². The Labute approximate surface area is 144 Å². The summed E-state index contributed by atoms with van der Waals surface area (Å²) < 4.78 is 7.04. The van der Waals surface area contributed by atoms with Crippen molar-refractivity contribution in [3.63, 3.8) is 0 Å². The first-order chi connectivity index (χ1) is 9.77. The van der Waals surface area contributed by atoms with E-state index in [4.69, 9.17) is 4.74 Å². The van der Waals surface area contributed by atoms with Crippen LogP contribution in [-0.2, 0) is 18.3 Å². The van der Waals surface area contributed by atoms with Crippen molar-refractivity contribution in [2.24, 2.45) is 12.0 Å². The predicted molar refractivity (Wildman–Crippen MR) is 95.0 cm³/mol. The molecule has 0 radical (unpaired) electrons. The van der Waals surface area contributed by atoms with Gasteiger partial charge in [0.25, 0.3) is 0 Å². The number of hydrogen-bond donors (Lipinski definition) is 2. The van der Waals surface area contributed by atoms with Crippen LogP contribution in [0.1, 0.15) is 32.5 Å². The first kappa shape index (κ1) is 20.1. The topological polar surface area (TPSA) is 76.4 Å². The van der Waals surface area contributed by atoms with Gasteiger partial charge in [-0.3, -0.25) is 4.68 Å². The lowest BCUT2D eigenvalue weighted by atomic mass is 10.3. The lowest BCUT2D eigenvalue weighted by Gasteiger charge is -2.11. The Morgan fingerprint density at radius 2 is 2.14 bits per heavy atom. The van der Waals surface area contributed by atoms with Crippen molar-refractivity contribution in [3.05, 3.63) is 12.2 Å². The molecule has 0 amide bonds. The van der Waals surface area contributed by atoms with Gasteiger partial charge in [0, 0.05) is 33.4 Å². The Morgan fingerprint density at radius 1 is 1.33 bits per heavy atom. The second kappa shape index (κ2) is 12.8. The molecule has 0 aliphatic heterocycles. The molecule has 1 heterocycles. The Kier molecular flexibility index (Phi) is 12.3. The standard InChI is InChI=1S/C13H26N6O.HI/c1-4-14-13(15-8-6-7-9-20-5-2)16-10-12-17-11-18-19(12)3;/h11H,4-10H2,1-3H3,(H2,14,15,16);1H. The van der Waals surface area contributed by atoms with Gasteiger partial charge in [-0.2, -0.15) is 5.10 Å².